The van der Waals surface area contributed by atoms with Gasteiger partial charge < -0.3 is 5.73 Å². The minimum absolute atomic E-state index is 0.215. The van der Waals surface area contributed by atoms with Crippen LogP contribution in [0.1, 0.15) is 28.3 Å². The number of nitrogens with two attached hydrogens (primary N) is 1. The molecule has 1 nitrogen and oxygen atoms in total. The summed E-state index contributed by atoms with van der Waals surface area (Å²) < 4.78 is 52.1. The smallest absolute Gasteiger partial charge is 0.324 e. The van der Waals surface area contributed by atoms with E-state index in [0.29, 0.717) is 0 Å². The fourth-order valence-corrected chi connectivity index (χ4v) is 2.19. The molecule has 1 unspecified atom stereocenters. The number of aryl methyl sites for hydroxylation is 1. The van der Waals surface area contributed by atoms with Crippen LogP contribution in [0.25, 0.3) is 0 Å². The highest BCUT2D eigenvalue weighted by atomic mass is 19.4. The standard InChI is InChI=1S/C16H15F4N/c1-10-2-4-11(5-3-10)8-15(21)13-9-12(17)6-7-14(13)16(18,19)20/h2-7,9,15H,8,21H2,1H3. The van der Waals surface area contributed by atoms with Gasteiger partial charge in [0.2, 0.25) is 0 Å². The summed E-state index contributed by atoms with van der Waals surface area (Å²) in [7, 11) is 0. The lowest BCUT2D eigenvalue weighted by Gasteiger charge is -2.18. The van der Waals surface area contributed by atoms with Gasteiger partial charge in [-0.25, -0.2) is 4.39 Å². The van der Waals surface area contributed by atoms with Crippen LogP contribution in [0.3, 0.4) is 0 Å². The molecule has 2 N–H and O–H groups in total. The predicted molar refractivity (Wildman–Crippen MR) is 73.2 cm³/mol. The van der Waals surface area contributed by atoms with Crippen molar-refractivity contribution >= 4 is 0 Å². The fourth-order valence-electron chi connectivity index (χ4n) is 2.19. The molecule has 0 aliphatic rings. The summed E-state index contributed by atoms with van der Waals surface area (Å²) in [5.74, 6) is -0.725. The number of rotatable bonds is 3. The van der Waals surface area contributed by atoms with Gasteiger partial charge in [-0.05, 0) is 42.7 Å². The molecular weight excluding hydrogens is 282 g/mol. The van der Waals surface area contributed by atoms with E-state index in [1.807, 2.05) is 31.2 Å². The summed E-state index contributed by atoms with van der Waals surface area (Å²) in [5.41, 5.74) is 6.62. The molecular formula is C16H15F4N. The summed E-state index contributed by atoms with van der Waals surface area (Å²) in [6, 6.07) is 8.81. The maximum absolute atomic E-state index is 13.3. The zero-order chi connectivity index (χ0) is 15.6. The lowest BCUT2D eigenvalue weighted by Crippen LogP contribution is -2.19. The topological polar surface area (TPSA) is 26.0 Å². The second-order valence-electron chi connectivity index (χ2n) is 5.03. The Morgan fingerprint density at radius 1 is 1.05 bits per heavy atom. The lowest BCUT2D eigenvalue weighted by molar-refractivity contribution is -0.138. The first kappa shape index (κ1) is 15.5. The molecule has 0 radical (unpaired) electrons. The van der Waals surface area contributed by atoms with Crippen molar-refractivity contribution in [1.29, 1.82) is 0 Å². The van der Waals surface area contributed by atoms with E-state index in [-0.39, 0.29) is 12.0 Å². The molecule has 0 heterocycles. The van der Waals surface area contributed by atoms with Crippen molar-refractivity contribution in [2.75, 3.05) is 0 Å². The van der Waals surface area contributed by atoms with Gasteiger partial charge in [-0.3, -0.25) is 0 Å². The van der Waals surface area contributed by atoms with Crippen molar-refractivity contribution in [3.8, 4) is 0 Å². The highest BCUT2D eigenvalue weighted by Crippen LogP contribution is 2.35. The first-order valence-electron chi connectivity index (χ1n) is 6.45. The molecule has 1 atom stereocenters. The summed E-state index contributed by atoms with van der Waals surface area (Å²) in [6.45, 7) is 1.91. The van der Waals surface area contributed by atoms with Gasteiger partial charge >= 0.3 is 6.18 Å². The molecule has 0 aliphatic heterocycles. The van der Waals surface area contributed by atoms with E-state index in [1.54, 1.807) is 0 Å². The molecule has 5 heteroatoms. The molecule has 0 bridgehead atoms. The zero-order valence-electron chi connectivity index (χ0n) is 11.4. The second kappa shape index (κ2) is 5.85. The normalized spacial score (nSPS) is 13.2. The van der Waals surface area contributed by atoms with Crippen LogP contribution in [0.5, 0.6) is 0 Å². The van der Waals surface area contributed by atoms with E-state index < -0.39 is 23.6 Å². The van der Waals surface area contributed by atoms with E-state index in [9.17, 15) is 17.6 Å². The maximum atomic E-state index is 13.3. The van der Waals surface area contributed by atoms with Gasteiger partial charge in [0.15, 0.2) is 0 Å². The number of hydrogen-bond acceptors (Lipinski definition) is 1. The Kier molecular flexibility index (Phi) is 4.32. The van der Waals surface area contributed by atoms with E-state index in [2.05, 4.69) is 0 Å². The van der Waals surface area contributed by atoms with E-state index in [4.69, 9.17) is 5.73 Å². The van der Waals surface area contributed by atoms with Crippen LogP contribution >= 0.6 is 0 Å². The van der Waals surface area contributed by atoms with Gasteiger partial charge in [-0.15, -0.1) is 0 Å². The zero-order valence-corrected chi connectivity index (χ0v) is 11.4. The first-order valence-corrected chi connectivity index (χ1v) is 6.45. The number of alkyl halides is 3. The molecule has 2 aromatic carbocycles. The van der Waals surface area contributed by atoms with Crippen LogP contribution < -0.4 is 5.73 Å². The largest absolute Gasteiger partial charge is 0.416 e. The Morgan fingerprint density at radius 2 is 1.67 bits per heavy atom. The summed E-state index contributed by atoms with van der Waals surface area (Å²) in [4.78, 5) is 0. The van der Waals surface area contributed by atoms with Gasteiger partial charge in [0.25, 0.3) is 0 Å². The predicted octanol–water partition coefficient (Wildman–Crippen LogP) is 4.40. The molecule has 21 heavy (non-hydrogen) atoms. The first-order chi connectivity index (χ1) is 9.77. The SMILES string of the molecule is Cc1ccc(CC(N)c2cc(F)ccc2C(F)(F)F)cc1. The molecule has 0 amide bonds. The summed E-state index contributed by atoms with van der Waals surface area (Å²) >= 11 is 0. The van der Waals surface area contributed by atoms with Crippen molar-refractivity contribution in [3.63, 3.8) is 0 Å². The fraction of sp³-hybridized carbons (Fsp3) is 0.250. The van der Waals surface area contributed by atoms with E-state index >= 15 is 0 Å². The number of hydrogen-bond donors (Lipinski definition) is 1. The molecule has 0 aromatic heterocycles. The molecule has 0 saturated heterocycles. The summed E-state index contributed by atoms with van der Waals surface area (Å²) in [5, 5.41) is 0. The minimum atomic E-state index is -4.55. The van der Waals surface area contributed by atoms with Crippen molar-refractivity contribution in [2.24, 2.45) is 5.73 Å². The van der Waals surface area contributed by atoms with Crippen molar-refractivity contribution in [2.45, 2.75) is 25.6 Å². The van der Waals surface area contributed by atoms with E-state index in [1.165, 1.54) is 0 Å². The van der Waals surface area contributed by atoms with Gasteiger partial charge in [-0.2, -0.15) is 13.2 Å². The van der Waals surface area contributed by atoms with Crippen LogP contribution in [0.15, 0.2) is 42.5 Å². The Labute approximate surface area is 120 Å². The lowest BCUT2D eigenvalue weighted by atomic mass is 9.94. The Hall–Kier alpha value is -1.88. The molecule has 0 aliphatic carbocycles. The van der Waals surface area contributed by atoms with Crippen LogP contribution in [-0.4, -0.2) is 0 Å². The highest BCUT2D eigenvalue weighted by Gasteiger charge is 2.34. The van der Waals surface area contributed by atoms with Crippen LogP contribution in [-0.2, 0) is 12.6 Å². The number of halogens is 4. The number of benzene rings is 2. The van der Waals surface area contributed by atoms with E-state index in [0.717, 1.165) is 29.3 Å². The van der Waals surface area contributed by atoms with Crippen LogP contribution in [0.4, 0.5) is 17.6 Å². The van der Waals surface area contributed by atoms with Gasteiger partial charge in [0.1, 0.15) is 5.82 Å². The van der Waals surface area contributed by atoms with Crippen LogP contribution in [0.2, 0.25) is 0 Å². The van der Waals surface area contributed by atoms with Crippen LogP contribution in [0, 0.1) is 12.7 Å². The van der Waals surface area contributed by atoms with Gasteiger partial charge in [0.05, 0.1) is 5.56 Å². The average molecular weight is 297 g/mol. The molecule has 0 spiro atoms. The quantitative estimate of drug-likeness (QED) is 0.835. The average Bonchev–Trinajstić information content (AvgIpc) is 2.40. The van der Waals surface area contributed by atoms with Crippen molar-refractivity contribution in [1.82, 2.24) is 0 Å². The Bertz CT molecular complexity index is 617. The van der Waals surface area contributed by atoms with Gasteiger partial charge in [-0.1, -0.05) is 29.8 Å². The Balaban J connectivity index is 2.32. The molecule has 112 valence electrons. The third kappa shape index (κ3) is 3.82. The third-order valence-corrected chi connectivity index (χ3v) is 3.29. The molecule has 2 aromatic rings. The monoisotopic (exact) mass is 297 g/mol. The van der Waals surface area contributed by atoms with Crippen molar-refractivity contribution in [3.05, 3.63) is 70.5 Å². The second-order valence-corrected chi connectivity index (χ2v) is 5.03. The Morgan fingerprint density at radius 3 is 2.24 bits per heavy atom. The maximum Gasteiger partial charge on any atom is 0.416 e. The molecule has 0 fully saturated rings. The highest BCUT2D eigenvalue weighted by molar-refractivity contribution is 5.34. The molecule has 0 saturated carbocycles. The third-order valence-electron chi connectivity index (χ3n) is 3.29. The molecule has 2 rings (SSSR count). The van der Waals surface area contributed by atoms with Crippen molar-refractivity contribution < 1.29 is 17.6 Å². The van der Waals surface area contributed by atoms with Gasteiger partial charge in [0, 0.05) is 6.04 Å². The summed E-state index contributed by atoms with van der Waals surface area (Å²) in [6.07, 6.45) is -4.33. The minimum Gasteiger partial charge on any atom is -0.324 e.